The summed E-state index contributed by atoms with van der Waals surface area (Å²) in [5.74, 6) is 3.95. The van der Waals surface area contributed by atoms with Crippen LogP contribution in [0.15, 0.2) is 42.7 Å². The van der Waals surface area contributed by atoms with E-state index in [1.165, 1.54) is 0 Å². The highest BCUT2D eigenvalue weighted by Crippen LogP contribution is 2.32. The van der Waals surface area contributed by atoms with Gasteiger partial charge in [0.15, 0.2) is 0 Å². The van der Waals surface area contributed by atoms with E-state index in [9.17, 15) is 0 Å². The number of benzene rings is 1. The molecule has 2 aromatic heterocycles. The van der Waals surface area contributed by atoms with E-state index in [2.05, 4.69) is 14.5 Å². The number of aromatic nitrogens is 4. The lowest BCUT2D eigenvalue weighted by molar-refractivity contribution is 0.230. The Hall–Kier alpha value is -2.93. The van der Waals surface area contributed by atoms with Crippen LogP contribution in [0.3, 0.4) is 0 Å². The van der Waals surface area contributed by atoms with Crippen molar-refractivity contribution in [1.82, 2.24) is 24.4 Å². The minimum atomic E-state index is 0.176. The second-order valence-corrected chi connectivity index (χ2v) is 7.07. The summed E-state index contributed by atoms with van der Waals surface area (Å²) in [6, 6.07) is 9.53. The highest BCUT2D eigenvalue weighted by Gasteiger charge is 2.29. The van der Waals surface area contributed by atoms with Crippen LogP contribution in [0.2, 0.25) is 0 Å². The number of imidazole rings is 1. The fourth-order valence-electron chi connectivity index (χ4n) is 3.57. The van der Waals surface area contributed by atoms with Crippen LogP contribution in [0.1, 0.15) is 36.2 Å². The van der Waals surface area contributed by atoms with Crippen molar-refractivity contribution in [1.29, 1.82) is 0 Å². The molecule has 1 atom stereocenters. The highest BCUT2D eigenvalue weighted by atomic mass is 16.5. The number of hydrogen-bond acceptors (Lipinski definition) is 6. The molecule has 0 N–H and O–H groups in total. The molecule has 0 unspecified atom stereocenters. The second kappa shape index (κ2) is 7.98. The van der Waals surface area contributed by atoms with Crippen molar-refractivity contribution in [3.05, 3.63) is 60.1 Å². The molecule has 28 heavy (non-hydrogen) atoms. The molecule has 0 radical (unpaired) electrons. The number of ether oxygens (including phenoxy) is 2. The van der Waals surface area contributed by atoms with Crippen LogP contribution < -0.4 is 9.47 Å². The van der Waals surface area contributed by atoms with Gasteiger partial charge in [0.1, 0.15) is 23.1 Å². The van der Waals surface area contributed by atoms with Crippen molar-refractivity contribution in [3.8, 4) is 17.4 Å². The Balaban J connectivity index is 1.54. The number of rotatable bonds is 6. The van der Waals surface area contributed by atoms with E-state index < -0.39 is 0 Å². The van der Waals surface area contributed by atoms with Crippen LogP contribution in [-0.4, -0.2) is 38.1 Å². The summed E-state index contributed by atoms with van der Waals surface area (Å²) in [5, 5.41) is 0. The predicted molar refractivity (Wildman–Crippen MR) is 105 cm³/mol. The SMILES string of the molecule is COc1ccc(Oc2cc(C)nc([C@H]3CCCN3Cc3nccn3C)n2)cc1. The zero-order chi connectivity index (χ0) is 19.5. The molecule has 0 saturated carbocycles. The summed E-state index contributed by atoms with van der Waals surface area (Å²) in [7, 11) is 3.67. The van der Waals surface area contributed by atoms with Crippen LogP contribution >= 0.6 is 0 Å². The van der Waals surface area contributed by atoms with Gasteiger partial charge in [0.25, 0.3) is 0 Å². The predicted octanol–water partition coefficient (Wildman–Crippen LogP) is 3.66. The van der Waals surface area contributed by atoms with Crippen LogP contribution in [0.5, 0.6) is 17.4 Å². The van der Waals surface area contributed by atoms with Crippen molar-refractivity contribution in [2.24, 2.45) is 7.05 Å². The van der Waals surface area contributed by atoms with Gasteiger partial charge in [-0.1, -0.05) is 0 Å². The van der Waals surface area contributed by atoms with Gasteiger partial charge in [-0.05, 0) is 50.6 Å². The van der Waals surface area contributed by atoms with Crippen molar-refractivity contribution < 1.29 is 9.47 Å². The van der Waals surface area contributed by atoms with E-state index in [1.54, 1.807) is 7.11 Å². The number of likely N-dealkylation sites (tertiary alicyclic amines) is 1. The lowest BCUT2D eigenvalue weighted by Crippen LogP contribution is -2.26. The number of hydrogen-bond donors (Lipinski definition) is 0. The Bertz CT molecular complexity index is 938. The van der Waals surface area contributed by atoms with E-state index in [4.69, 9.17) is 19.4 Å². The molecule has 1 fully saturated rings. The van der Waals surface area contributed by atoms with Gasteiger partial charge in [0.05, 0.1) is 19.7 Å². The third kappa shape index (κ3) is 3.99. The molecule has 1 aliphatic heterocycles. The van der Waals surface area contributed by atoms with E-state index in [0.29, 0.717) is 5.88 Å². The minimum absolute atomic E-state index is 0.176. The molecule has 0 bridgehead atoms. The quantitative estimate of drug-likeness (QED) is 0.651. The standard InChI is InChI=1S/C21H25N5O2/c1-15-13-20(28-17-8-6-16(27-3)7-9-17)24-21(23-15)18-5-4-11-26(18)14-19-22-10-12-25(19)2/h6-10,12-13,18H,4-5,11,14H2,1-3H3/t18-/m1/s1. The van der Waals surface area contributed by atoms with Gasteiger partial charge in [-0.25, -0.2) is 9.97 Å². The molecule has 1 saturated heterocycles. The largest absolute Gasteiger partial charge is 0.497 e. The third-order valence-corrected chi connectivity index (χ3v) is 5.06. The summed E-state index contributed by atoms with van der Waals surface area (Å²) in [6.07, 6.45) is 5.98. The fraction of sp³-hybridized carbons (Fsp3) is 0.381. The maximum absolute atomic E-state index is 5.98. The molecule has 0 aliphatic carbocycles. The third-order valence-electron chi connectivity index (χ3n) is 5.06. The molecule has 1 aliphatic rings. The zero-order valence-electron chi connectivity index (χ0n) is 16.5. The molecular weight excluding hydrogens is 354 g/mol. The molecule has 4 rings (SSSR count). The van der Waals surface area contributed by atoms with Crippen molar-refractivity contribution in [2.45, 2.75) is 32.4 Å². The van der Waals surface area contributed by atoms with Crippen molar-refractivity contribution in [2.75, 3.05) is 13.7 Å². The topological polar surface area (TPSA) is 65.3 Å². The molecule has 0 amide bonds. The maximum atomic E-state index is 5.98. The molecule has 0 spiro atoms. The monoisotopic (exact) mass is 379 g/mol. The smallest absolute Gasteiger partial charge is 0.222 e. The normalized spacial score (nSPS) is 17.0. The molecule has 146 valence electrons. The van der Waals surface area contributed by atoms with E-state index in [1.807, 2.05) is 56.7 Å². The summed E-state index contributed by atoms with van der Waals surface area (Å²) in [5.41, 5.74) is 0.900. The summed E-state index contributed by atoms with van der Waals surface area (Å²) in [4.78, 5) is 16.3. The van der Waals surface area contributed by atoms with Gasteiger partial charge in [0.2, 0.25) is 5.88 Å². The Morgan fingerprint density at radius 3 is 2.64 bits per heavy atom. The van der Waals surface area contributed by atoms with Crippen LogP contribution in [0.25, 0.3) is 0 Å². The molecule has 3 heterocycles. The second-order valence-electron chi connectivity index (χ2n) is 7.07. The average Bonchev–Trinajstić information content (AvgIpc) is 3.31. The maximum Gasteiger partial charge on any atom is 0.222 e. The Morgan fingerprint density at radius 2 is 1.93 bits per heavy atom. The number of nitrogens with zero attached hydrogens (tertiary/aromatic N) is 5. The van der Waals surface area contributed by atoms with E-state index in [-0.39, 0.29) is 6.04 Å². The van der Waals surface area contributed by atoms with Gasteiger partial charge >= 0.3 is 0 Å². The van der Waals surface area contributed by atoms with E-state index >= 15 is 0 Å². The molecular formula is C21H25N5O2. The minimum Gasteiger partial charge on any atom is -0.497 e. The Labute approximate surface area is 165 Å². The van der Waals surface area contributed by atoms with Crippen molar-refractivity contribution >= 4 is 0 Å². The van der Waals surface area contributed by atoms with Gasteiger partial charge in [-0.2, -0.15) is 4.98 Å². The first kappa shape index (κ1) is 18.4. The zero-order valence-corrected chi connectivity index (χ0v) is 16.5. The molecule has 7 nitrogen and oxygen atoms in total. The first-order chi connectivity index (χ1) is 13.6. The van der Waals surface area contributed by atoms with Crippen LogP contribution in [-0.2, 0) is 13.6 Å². The number of methoxy groups -OCH3 is 1. The summed E-state index contributed by atoms with van der Waals surface area (Å²) < 4.78 is 13.2. The number of aryl methyl sites for hydroxylation is 2. The summed E-state index contributed by atoms with van der Waals surface area (Å²) in [6.45, 7) is 3.79. The fourth-order valence-corrected chi connectivity index (χ4v) is 3.57. The van der Waals surface area contributed by atoms with Crippen LogP contribution in [0.4, 0.5) is 0 Å². The molecule has 3 aromatic rings. The Kier molecular flexibility index (Phi) is 5.25. The first-order valence-corrected chi connectivity index (χ1v) is 9.50. The molecule has 7 heteroatoms. The summed E-state index contributed by atoms with van der Waals surface area (Å²) >= 11 is 0. The highest BCUT2D eigenvalue weighted by molar-refractivity contribution is 5.34. The lowest BCUT2D eigenvalue weighted by Gasteiger charge is -2.23. The van der Waals surface area contributed by atoms with E-state index in [0.717, 1.165) is 54.8 Å². The van der Waals surface area contributed by atoms with Gasteiger partial charge in [-0.15, -0.1) is 0 Å². The lowest BCUT2D eigenvalue weighted by atomic mass is 10.2. The average molecular weight is 379 g/mol. The van der Waals surface area contributed by atoms with Crippen LogP contribution in [0, 0.1) is 6.92 Å². The van der Waals surface area contributed by atoms with Gasteiger partial charge in [-0.3, -0.25) is 4.90 Å². The Morgan fingerprint density at radius 1 is 1.14 bits per heavy atom. The van der Waals surface area contributed by atoms with Gasteiger partial charge < -0.3 is 14.0 Å². The van der Waals surface area contributed by atoms with Gasteiger partial charge in [0, 0.05) is 31.2 Å². The first-order valence-electron chi connectivity index (χ1n) is 9.50. The van der Waals surface area contributed by atoms with Crippen molar-refractivity contribution in [3.63, 3.8) is 0 Å². The molecule has 1 aromatic carbocycles.